The van der Waals surface area contributed by atoms with Crippen molar-refractivity contribution in [3.63, 3.8) is 0 Å². The zero-order valence-electron chi connectivity index (χ0n) is 29.6. The summed E-state index contributed by atoms with van der Waals surface area (Å²) in [7, 11) is -2.60. The average molecular weight is 636 g/mol. The Morgan fingerprint density at radius 1 is 0.500 bits per heavy atom. The largest absolute Gasteiger partial charge is 0.744 e. The van der Waals surface area contributed by atoms with Gasteiger partial charge in [0.2, 0.25) is 0 Å². The van der Waals surface area contributed by atoms with Gasteiger partial charge < -0.3 is 9.87 Å². The predicted octanol–water partition coefficient (Wildman–Crippen LogP) is 11.5. The quantitative estimate of drug-likeness (QED) is 0.0486. The predicted molar refractivity (Wildman–Crippen MR) is 190 cm³/mol. The van der Waals surface area contributed by atoms with Crippen molar-refractivity contribution in [2.24, 2.45) is 0 Å². The lowest BCUT2D eigenvalue weighted by Crippen LogP contribution is -2.73. The van der Waals surface area contributed by atoms with Gasteiger partial charge in [0.15, 0.2) is 5.69 Å². The summed E-state index contributed by atoms with van der Waals surface area (Å²) < 4.78 is 36.0. The van der Waals surface area contributed by atoms with E-state index in [1.807, 2.05) is 18.4 Å². The van der Waals surface area contributed by atoms with Gasteiger partial charge in [0.05, 0.1) is 7.05 Å². The zero-order chi connectivity index (χ0) is 32.1. The maximum Gasteiger partial charge on any atom is 0.150 e. The summed E-state index contributed by atoms with van der Waals surface area (Å²) in [5.74, 6) is 0. The molecule has 44 heavy (non-hydrogen) atoms. The first-order chi connectivity index (χ1) is 21.5. The maximum absolute atomic E-state index is 12.0. The van der Waals surface area contributed by atoms with Crippen molar-refractivity contribution in [1.82, 2.24) is 0 Å². The lowest BCUT2D eigenvalue weighted by atomic mass is 9.94. The van der Waals surface area contributed by atoms with Crippen LogP contribution in [0.4, 0.5) is 5.69 Å². The molecule has 1 aromatic carbocycles. The van der Waals surface area contributed by atoms with E-state index < -0.39 is 10.1 Å². The lowest BCUT2D eigenvalue weighted by Gasteiger charge is -2.17. The van der Waals surface area contributed by atoms with E-state index in [-0.39, 0.29) is 4.90 Å². The van der Waals surface area contributed by atoms with Crippen LogP contribution in [0.15, 0.2) is 17.0 Å². The summed E-state index contributed by atoms with van der Waals surface area (Å²) in [5, 5.41) is 1.85. The van der Waals surface area contributed by atoms with Gasteiger partial charge in [-0.15, -0.1) is 0 Å². The van der Waals surface area contributed by atoms with Crippen molar-refractivity contribution in [2.75, 3.05) is 7.05 Å². The Morgan fingerprint density at radius 3 is 1.14 bits per heavy atom. The summed E-state index contributed by atoms with van der Waals surface area (Å²) in [6.07, 6.45) is 39.3. The molecule has 0 atom stereocenters. The Morgan fingerprint density at radius 2 is 0.818 bits per heavy atom. The number of unbranched alkanes of at least 4 members (excludes halogenated alkanes) is 26. The molecule has 0 aliphatic rings. The number of rotatable bonds is 32. The summed E-state index contributed by atoms with van der Waals surface area (Å²) in [6.45, 7) is 4.56. The molecule has 0 aliphatic carbocycles. The minimum absolute atomic E-state index is 0.0370. The van der Waals surface area contributed by atoms with Crippen LogP contribution in [0.1, 0.15) is 205 Å². The molecule has 258 valence electrons. The van der Waals surface area contributed by atoms with Crippen LogP contribution in [0, 0.1) is 0 Å². The normalized spacial score (nSPS) is 11.9. The molecule has 4 nitrogen and oxygen atoms in total. The van der Waals surface area contributed by atoms with E-state index >= 15 is 0 Å². The highest BCUT2D eigenvalue weighted by Gasteiger charge is 2.19. The van der Waals surface area contributed by atoms with Gasteiger partial charge in [-0.05, 0) is 37.3 Å². The van der Waals surface area contributed by atoms with Crippen LogP contribution in [0.5, 0.6) is 0 Å². The highest BCUT2D eigenvalue weighted by molar-refractivity contribution is 7.85. The molecule has 1 aromatic rings. The van der Waals surface area contributed by atoms with Gasteiger partial charge in [0, 0.05) is 5.56 Å². The topological polar surface area (TPSA) is 73.8 Å². The maximum atomic E-state index is 12.0. The summed E-state index contributed by atoms with van der Waals surface area (Å²) in [5.41, 5.74) is 3.02. The highest BCUT2D eigenvalue weighted by atomic mass is 32.2. The van der Waals surface area contributed by atoms with Gasteiger partial charge >= 0.3 is 0 Å². The second-order valence-electron chi connectivity index (χ2n) is 13.6. The van der Waals surface area contributed by atoms with Gasteiger partial charge in [0.1, 0.15) is 15.0 Å². The van der Waals surface area contributed by atoms with Crippen LogP contribution in [0.3, 0.4) is 0 Å². The molecule has 0 aliphatic heterocycles. The Hall–Kier alpha value is -0.910. The van der Waals surface area contributed by atoms with Crippen molar-refractivity contribution in [3.8, 4) is 0 Å². The molecular weight excluding hydrogens is 563 g/mol. The molecule has 0 saturated carbocycles. The second-order valence-corrected chi connectivity index (χ2v) is 14.9. The minimum atomic E-state index is -4.47. The fraction of sp³-hybridized carbons (Fsp3) is 0.846. The molecule has 0 fully saturated rings. The zero-order valence-corrected chi connectivity index (χ0v) is 30.4. The van der Waals surface area contributed by atoms with E-state index in [0.717, 1.165) is 31.2 Å². The summed E-state index contributed by atoms with van der Waals surface area (Å²) >= 11 is 0. The van der Waals surface area contributed by atoms with E-state index in [1.54, 1.807) is 6.07 Å². The molecule has 1 rings (SSSR count). The van der Waals surface area contributed by atoms with E-state index in [9.17, 15) is 13.0 Å². The van der Waals surface area contributed by atoms with Crippen molar-refractivity contribution >= 4 is 15.8 Å². The molecule has 0 aromatic heterocycles. The van der Waals surface area contributed by atoms with Crippen molar-refractivity contribution in [2.45, 2.75) is 211 Å². The Kier molecular flexibility index (Phi) is 26.5. The molecule has 0 bridgehead atoms. The molecule has 5 heteroatoms. The van der Waals surface area contributed by atoms with Crippen molar-refractivity contribution in [3.05, 3.63) is 23.3 Å². The molecule has 0 amide bonds. The van der Waals surface area contributed by atoms with Crippen molar-refractivity contribution in [1.29, 1.82) is 0 Å². The Balaban J connectivity index is 2.33. The van der Waals surface area contributed by atoms with E-state index in [1.165, 1.54) is 173 Å². The third-order valence-corrected chi connectivity index (χ3v) is 10.4. The monoisotopic (exact) mass is 636 g/mol. The molecule has 0 radical (unpaired) electrons. The molecule has 0 heterocycles. The second kappa shape index (κ2) is 28.3. The van der Waals surface area contributed by atoms with E-state index in [0.29, 0.717) is 5.69 Å². The van der Waals surface area contributed by atoms with Gasteiger partial charge in [0.25, 0.3) is 0 Å². The highest BCUT2D eigenvalue weighted by Crippen LogP contribution is 2.28. The fourth-order valence-corrected chi connectivity index (χ4v) is 7.50. The smallest absolute Gasteiger partial charge is 0.150 e. The molecule has 0 unspecified atom stereocenters. The lowest BCUT2D eigenvalue weighted by molar-refractivity contribution is -0.542. The minimum Gasteiger partial charge on any atom is -0.744 e. The average Bonchev–Trinajstić information content (AvgIpc) is 3.00. The third kappa shape index (κ3) is 21.0. The van der Waals surface area contributed by atoms with E-state index in [4.69, 9.17) is 0 Å². The van der Waals surface area contributed by atoms with Crippen LogP contribution in [-0.2, 0) is 23.0 Å². The third-order valence-electron chi connectivity index (χ3n) is 9.55. The van der Waals surface area contributed by atoms with Gasteiger partial charge in [-0.3, -0.25) is 0 Å². The number of benzene rings is 1. The molecule has 0 saturated heterocycles. The molecule has 0 spiro atoms. The fourth-order valence-electron chi connectivity index (χ4n) is 6.76. The number of nitrogens with two attached hydrogens (primary N) is 1. The van der Waals surface area contributed by atoms with Gasteiger partial charge in [-0.1, -0.05) is 187 Å². The van der Waals surface area contributed by atoms with Crippen LogP contribution in [0.2, 0.25) is 0 Å². The van der Waals surface area contributed by atoms with Gasteiger partial charge in [-0.25, -0.2) is 8.42 Å². The number of hydrogen-bond acceptors (Lipinski definition) is 3. The first-order valence-corrected chi connectivity index (χ1v) is 20.8. The molecule has 2 N–H and O–H groups in total. The van der Waals surface area contributed by atoms with Crippen LogP contribution >= 0.6 is 0 Å². The Bertz CT molecular complexity index is 899. The number of aryl methyl sites for hydroxylation is 1. The first-order valence-electron chi connectivity index (χ1n) is 19.4. The number of hydrogen-bond donors (Lipinski definition) is 1. The van der Waals surface area contributed by atoms with Gasteiger partial charge in [-0.2, -0.15) is 0 Å². The first kappa shape index (κ1) is 41.1. The van der Waals surface area contributed by atoms with Crippen LogP contribution in [-0.4, -0.2) is 20.0 Å². The SMILES string of the molecule is CCCCCCCCCCCCCCCCc1ccc(S(=O)(=O)[O-])c([NH2+]C)c1CCCCCCCCCCCCCCCC. The standard InChI is InChI=1S/C39H73NO3S/c1-4-6-8-10-12-14-16-18-20-22-24-26-28-30-32-36-34-35-38(44(41,42)43)39(40-3)37(36)33-31-29-27-25-23-21-19-17-15-13-11-9-7-5-2/h34-35,40H,4-33H2,1-3H3,(H,41,42,43). The van der Waals surface area contributed by atoms with Crippen molar-refractivity contribution < 1.29 is 18.3 Å². The molecular formula is C39H73NO3S. The van der Waals surface area contributed by atoms with Crippen LogP contribution in [0.25, 0.3) is 0 Å². The van der Waals surface area contributed by atoms with Crippen LogP contribution < -0.4 is 5.32 Å². The Labute approximate surface area is 275 Å². The summed E-state index contributed by atoms with van der Waals surface area (Å²) in [4.78, 5) is -0.0370. The number of quaternary nitrogens is 1. The summed E-state index contributed by atoms with van der Waals surface area (Å²) in [6, 6.07) is 3.49. The van der Waals surface area contributed by atoms with E-state index in [2.05, 4.69) is 13.8 Å².